The lowest BCUT2D eigenvalue weighted by molar-refractivity contribution is 0.0905. The molecule has 3 aromatic rings. The van der Waals surface area contributed by atoms with Gasteiger partial charge in [0.2, 0.25) is 0 Å². The van der Waals surface area contributed by atoms with Gasteiger partial charge in [-0.3, -0.25) is 4.79 Å². The predicted octanol–water partition coefficient (Wildman–Crippen LogP) is 2.55. The summed E-state index contributed by atoms with van der Waals surface area (Å²) in [5, 5.41) is 14.8. The second-order valence-corrected chi connectivity index (χ2v) is 6.90. The van der Waals surface area contributed by atoms with Gasteiger partial charge >= 0.3 is 0 Å². The Morgan fingerprint density at radius 1 is 1.10 bits per heavy atom. The zero-order valence-corrected chi connectivity index (χ0v) is 17.0. The third kappa shape index (κ3) is 5.04. The van der Waals surface area contributed by atoms with Crippen molar-refractivity contribution in [2.75, 3.05) is 20.8 Å². The van der Waals surface area contributed by atoms with Crippen LogP contribution in [0.5, 0.6) is 0 Å². The third-order valence-corrected chi connectivity index (χ3v) is 4.41. The fraction of sp³-hybridized carbons (Fsp3) is 0.333. The molecule has 0 aliphatic heterocycles. The van der Waals surface area contributed by atoms with E-state index in [9.17, 15) is 4.79 Å². The number of ether oxygens (including phenoxy) is 2. The monoisotopic (exact) mass is 395 g/mol. The van der Waals surface area contributed by atoms with Gasteiger partial charge in [-0.1, -0.05) is 29.8 Å². The Balaban J connectivity index is 2.05. The molecule has 0 unspecified atom stereocenters. The minimum atomic E-state index is -0.189. The van der Waals surface area contributed by atoms with E-state index in [4.69, 9.17) is 9.47 Å². The van der Waals surface area contributed by atoms with Gasteiger partial charge in [-0.15, -0.1) is 5.10 Å². The van der Waals surface area contributed by atoms with Crippen molar-refractivity contribution in [1.82, 2.24) is 25.5 Å². The molecular formula is C21H25N5O3. The normalized spacial score (nSPS) is 12.0. The summed E-state index contributed by atoms with van der Waals surface area (Å²) in [6.07, 6.45) is 0. The van der Waals surface area contributed by atoms with Crippen LogP contribution in [0.3, 0.4) is 0 Å². The first-order chi connectivity index (χ1) is 14.0. The van der Waals surface area contributed by atoms with E-state index < -0.39 is 0 Å². The van der Waals surface area contributed by atoms with Crippen molar-refractivity contribution in [2.45, 2.75) is 26.5 Å². The molecule has 3 rings (SSSR count). The summed E-state index contributed by atoms with van der Waals surface area (Å²) >= 11 is 0. The molecule has 0 fully saturated rings. The largest absolute Gasteiger partial charge is 0.383 e. The van der Waals surface area contributed by atoms with Crippen molar-refractivity contribution >= 4 is 5.91 Å². The van der Waals surface area contributed by atoms with Crippen LogP contribution in [0.1, 0.15) is 28.7 Å². The fourth-order valence-electron chi connectivity index (χ4n) is 3.00. The molecule has 8 heteroatoms. The summed E-state index contributed by atoms with van der Waals surface area (Å²) in [5.41, 5.74) is 4.26. The van der Waals surface area contributed by atoms with Gasteiger partial charge in [0.25, 0.3) is 5.91 Å². The lowest BCUT2D eigenvalue weighted by atomic mass is 10.0. The number of aromatic nitrogens is 4. The third-order valence-electron chi connectivity index (χ3n) is 4.41. The molecule has 0 bridgehead atoms. The Kier molecular flexibility index (Phi) is 6.69. The predicted molar refractivity (Wildman–Crippen MR) is 109 cm³/mol. The molecule has 0 spiro atoms. The molecular weight excluding hydrogens is 370 g/mol. The number of methoxy groups -OCH3 is 2. The van der Waals surface area contributed by atoms with E-state index in [1.54, 1.807) is 25.0 Å². The highest BCUT2D eigenvalue weighted by molar-refractivity contribution is 5.96. The quantitative estimate of drug-likeness (QED) is 0.630. The van der Waals surface area contributed by atoms with E-state index in [0.717, 1.165) is 11.1 Å². The smallest absolute Gasteiger partial charge is 0.251 e. The van der Waals surface area contributed by atoms with Crippen molar-refractivity contribution in [3.63, 3.8) is 0 Å². The standard InChI is InChI=1S/C21H25N5O3/c1-14-5-7-16(8-6-14)17-9-18(21(27)22-15(2)12-28-3)11-19(10-17)26-20(13-29-4)23-24-25-26/h5-11,15H,12-13H2,1-4H3,(H,22,27)/t15-/m0/s1. The van der Waals surface area contributed by atoms with Crippen LogP contribution in [0.4, 0.5) is 0 Å². The maximum absolute atomic E-state index is 12.8. The molecule has 2 aromatic carbocycles. The zero-order chi connectivity index (χ0) is 20.8. The van der Waals surface area contributed by atoms with E-state index >= 15 is 0 Å². The molecule has 152 valence electrons. The maximum Gasteiger partial charge on any atom is 0.251 e. The van der Waals surface area contributed by atoms with Gasteiger partial charge in [-0.2, -0.15) is 4.68 Å². The number of nitrogens with one attached hydrogen (secondary N) is 1. The van der Waals surface area contributed by atoms with Gasteiger partial charge in [0.05, 0.1) is 12.3 Å². The van der Waals surface area contributed by atoms with E-state index in [0.29, 0.717) is 23.7 Å². The van der Waals surface area contributed by atoms with Crippen LogP contribution in [0, 0.1) is 6.92 Å². The number of rotatable bonds is 8. The molecule has 0 aliphatic rings. The molecule has 29 heavy (non-hydrogen) atoms. The minimum Gasteiger partial charge on any atom is -0.383 e. The first kappa shape index (κ1) is 20.6. The van der Waals surface area contributed by atoms with Crippen molar-refractivity contribution in [1.29, 1.82) is 0 Å². The molecule has 1 aromatic heterocycles. The number of aryl methyl sites for hydroxylation is 1. The van der Waals surface area contributed by atoms with Crippen molar-refractivity contribution in [3.8, 4) is 16.8 Å². The number of benzene rings is 2. The second-order valence-electron chi connectivity index (χ2n) is 6.90. The van der Waals surface area contributed by atoms with E-state index in [1.807, 2.05) is 50.2 Å². The van der Waals surface area contributed by atoms with Crippen LogP contribution >= 0.6 is 0 Å². The minimum absolute atomic E-state index is 0.115. The Labute approximate surface area is 169 Å². The highest BCUT2D eigenvalue weighted by Gasteiger charge is 2.16. The molecule has 8 nitrogen and oxygen atoms in total. The fourth-order valence-corrected chi connectivity index (χ4v) is 3.00. The van der Waals surface area contributed by atoms with Gasteiger partial charge in [-0.25, -0.2) is 0 Å². The summed E-state index contributed by atoms with van der Waals surface area (Å²) in [5.74, 6) is 0.360. The van der Waals surface area contributed by atoms with E-state index in [-0.39, 0.29) is 18.6 Å². The molecule has 0 aliphatic carbocycles. The highest BCUT2D eigenvalue weighted by atomic mass is 16.5. The lowest BCUT2D eigenvalue weighted by Gasteiger charge is -2.15. The van der Waals surface area contributed by atoms with Crippen molar-refractivity contribution < 1.29 is 14.3 Å². The number of hydrogen-bond acceptors (Lipinski definition) is 6. The topological polar surface area (TPSA) is 91.2 Å². The van der Waals surface area contributed by atoms with Crippen LogP contribution in [-0.4, -0.2) is 53.0 Å². The number of hydrogen-bond donors (Lipinski definition) is 1. The average Bonchev–Trinajstić information content (AvgIpc) is 3.17. The zero-order valence-electron chi connectivity index (χ0n) is 17.0. The van der Waals surface area contributed by atoms with E-state index in [1.165, 1.54) is 5.56 Å². The van der Waals surface area contributed by atoms with Crippen molar-refractivity contribution in [2.24, 2.45) is 0 Å². The Morgan fingerprint density at radius 3 is 2.55 bits per heavy atom. The summed E-state index contributed by atoms with van der Waals surface area (Å²) < 4.78 is 11.9. The summed E-state index contributed by atoms with van der Waals surface area (Å²) in [6, 6.07) is 13.6. The number of carbonyl (C=O) groups excluding carboxylic acids is 1. The highest BCUT2D eigenvalue weighted by Crippen LogP contribution is 2.25. The second kappa shape index (κ2) is 9.40. The van der Waals surface area contributed by atoms with Gasteiger partial charge in [0, 0.05) is 25.8 Å². The molecule has 1 heterocycles. The molecule has 0 saturated carbocycles. The van der Waals surface area contributed by atoms with Crippen LogP contribution in [0.15, 0.2) is 42.5 Å². The number of tetrazole rings is 1. The summed E-state index contributed by atoms with van der Waals surface area (Å²) in [7, 11) is 3.19. The SMILES string of the molecule is COCc1nnnn1-c1cc(C(=O)N[C@@H](C)COC)cc(-c2ccc(C)cc2)c1. The first-order valence-electron chi connectivity index (χ1n) is 9.30. The van der Waals surface area contributed by atoms with Gasteiger partial charge in [0.1, 0.15) is 6.61 Å². The molecule has 0 saturated heterocycles. The summed E-state index contributed by atoms with van der Waals surface area (Å²) in [6.45, 7) is 4.62. The van der Waals surface area contributed by atoms with Gasteiger partial charge in [-0.05, 0) is 53.6 Å². The number of carbonyl (C=O) groups is 1. The van der Waals surface area contributed by atoms with Crippen LogP contribution in [-0.2, 0) is 16.1 Å². The van der Waals surface area contributed by atoms with Crippen LogP contribution in [0.2, 0.25) is 0 Å². The number of nitrogens with zero attached hydrogens (tertiary/aromatic N) is 4. The van der Waals surface area contributed by atoms with Crippen LogP contribution in [0.25, 0.3) is 16.8 Å². The molecule has 1 atom stereocenters. The maximum atomic E-state index is 12.8. The Morgan fingerprint density at radius 2 is 1.86 bits per heavy atom. The van der Waals surface area contributed by atoms with Gasteiger partial charge in [0.15, 0.2) is 5.82 Å². The number of amides is 1. The van der Waals surface area contributed by atoms with Crippen LogP contribution < -0.4 is 5.32 Å². The van der Waals surface area contributed by atoms with Gasteiger partial charge < -0.3 is 14.8 Å². The van der Waals surface area contributed by atoms with E-state index in [2.05, 4.69) is 20.8 Å². The van der Waals surface area contributed by atoms with Crippen molar-refractivity contribution in [3.05, 3.63) is 59.4 Å². The Hall–Kier alpha value is -3.10. The molecule has 1 amide bonds. The Bertz CT molecular complexity index is 969. The summed E-state index contributed by atoms with van der Waals surface area (Å²) in [4.78, 5) is 12.8. The molecule has 0 radical (unpaired) electrons. The average molecular weight is 395 g/mol. The molecule has 1 N–H and O–H groups in total. The lowest BCUT2D eigenvalue weighted by Crippen LogP contribution is -2.35. The first-order valence-corrected chi connectivity index (χ1v) is 9.30.